The molecule has 0 bridgehead atoms. The summed E-state index contributed by atoms with van der Waals surface area (Å²) in [6.07, 6.45) is 8.57. The Morgan fingerprint density at radius 2 is 1.67 bits per heavy atom. The maximum atomic E-state index is 14.3. The third kappa shape index (κ3) is 17.2. The molecule has 0 aliphatic carbocycles. The van der Waals surface area contributed by atoms with Crippen molar-refractivity contribution in [1.29, 1.82) is 0 Å². The van der Waals surface area contributed by atoms with Crippen molar-refractivity contribution in [2.45, 2.75) is 141 Å². The zero-order valence-corrected chi connectivity index (χ0v) is 36.4. The fraction of sp³-hybridized carbons (Fsp3) is 0.644. The first-order valence-electron chi connectivity index (χ1n) is 21.7. The molecule has 1 saturated heterocycles. The second kappa shape index (κ2) is 27.3. The number of carbonyl (C=O) groups is 6. The SMILES string of the molecule is C=CCNCCCC[C@H](N)C(=O)N[C@@H](CCCCN)C(=O)N1CCC[C@H]1C(=O)N[C@@H](Cc1ccc(O)c(CC=C)c1)C(=O)N[C@H](C(=O)C[C@@H](CC(C)C)C(=O)O)C(C)CC. The van der Waals surface area contributed by atoms with Crippen molar-refractivity contribution in [3.05, 3.63) is 54.6 Å². The third-order valence-electron chi connectivity index (χ3n) is 11.1. The Kier molecular flexibility index (Phi) is 23.4. The highest BCUT2D eigenvalue weighted by atomic mass is 16.4. The lowest BCUT2D eigenvalue weighted by molar-refractivity contribution is -0.145. The standard InChI is InChI=1S/C45H73N7O8/c1-7-15-32-26-31(19-20-38(32)53)27-36(42(56)51-40(30(6)9-3)39(54)28-33(45(59)60)25-29(4)5)50-43(57)37-18-14-24-52(37)44(58)35(17-10-12-21-46)49-41(55)34(47)16-11-13-23-48-22-8-2/h7-8,19-20,26,29-30,33-37,40,48,53H,1-2,9-18,21-25,27-28,46-47H2,3-6H3,(H,49,55)(H,50,57)(H,51,56)(H,59,60)/t30?,33-,34+,35+,36+,37+,40+/m1/s1. The van der Waals surface area contributed by atoms with Crippen LogP contribution in [0.15, 0.2) is 43.5 Å². The summed E-state index contributed by atoms with van der Waals surface area (Å²) in [6, 6.07) is -0.0931. The molecule has 1 aromatic rings. The van der Waals surface area contributed by atoms with Gasteiger partial charge in [0.15, 0.2) is 5.78 Å². The minimum absolute atomic E-state index is 0.0187. The molecule has 15 heteroatoms. The van der Waals surface area contributed by atoms with Gasteiger partial charge in [-0.05, 0) is 99.9 Å². The molecule has 15 nitrogen and oxygen atoms in total. The largest absolute Gasteiger partial charge is 0.508 e. The molecule has 2 rings (SSSR count). The summed E-state index contributed by atoms with van der Waals surface area (Å²) < 4.78 is 0. The van der Waals surface area contributed by atoms with Crippen LogP contribution in [0.4, 0.5) is 0 Å². The molecule has 4 amide bonds. The van der Waals surface area contributed by atoms with Gasteiger partial charge in [-0.1, -0.05) is 64.8 Å². The van der Waals surface area contributed by atoms with Crippen LogP contribution in [0, 0.1) is 17.8 Å². The van der Waals surface area contributed by atoms with Crippen molar-refractivity contribution in [3.8, 4) is 5.75 Å². The van der Waals surface area contributed by atoms with Crippen LogP contribution < -0.4 is 32.7 Å². The molecule has 0 spiro atoms. The number of phenolic OH excluding ortho intramolecular Hbond substituents is 1. The van der Waals surface area contributed by atoms with Gasteiger partial charge in [0.05, 0.1) is 18.0 Å². The van der Waals surface area contributed by atoms with Crippen molar-refractivity contribution in [1.82, 2.24) is 26.2 Å². The summed E-state index contributed by atoms with van der Waals surface area (Å²) >= 11 is 0. The second-order valence-electron chi connectivity index (χ2n) is 16.6. The first-order valence-corrected chi connectivity index (χ1v) is 21.7. The molecular weight excluding hydrogens is 767 g/mol. The number of rotatable bonds is 30. The zero-order chi connectivity index (χ0) is 44.8. The molecule has 1 aliphatic heterocycles. The summed E-state index contributed by atoms with van der Waals surface area (Å²) in [5, 5.41) is 32.1. The Balaban J connectivity index is 2.38. The second-order valence-corrected chi connectivity index (χ2v) is 16.6. The number of nitrogens with one attached hydrogen (secondary N) is 4. The van der Waals surface area contributed by atoms with Gasteiger partial charge in [0.1, 0.15) is 23.9 Å². The van der Waals surface area contributed by atoms with Gasteiger partial charge in [0.25, 0.3) is 0 Å². The van der Waals surface area contributed by atoms with Gasteiger partial charge >= 0.3 is 5.97 Å². The molecule has 0 aromatic heterocycles. The Bertz CT molecular complexity index is 1590. The Morgan fingerprint density at radius 3 is 2.30 bits per heavy atom. The number of ketones is 1. The van der Waals surface area contributed by atoms with Crippen molar-refractivity contribution >= 4 is 35.4 Å². The summed E-state index contributed by atoms with van der Waals surface area (Å²) in [6.45, 7) is 17.0. The molecule has 1 fully saturated rings. The highest BCUT2D eigenvalue weighted by molar-refractivity contribution is 5.97. The smallest absolute Gasteiger partial charge is 0.306 e. The molecular formula is C45H73N7O8. The lowest BCUT2D eigenvalue weighted by atomic mass is 9.86. The number of hydrogen-bond acceptors (Lipinski definition) is 10. The van der Waals surface area contributed by atoms with E-state index in [1.807, 2.05) is 20.8 Å². The molecule has 0 saturated carbocycles. The minimum Gasteiger partial charge on any atom is -0.508 e. The van der Waals surface area contributed by atoms with E-state index in [0.717, 1.165) is 13.0 Å². The Morgan fingerprint density at radius 1 is 0.950 bits per heavy atom. The average Bonchev–Trinajstić information content (AvgIpc) is 3.71. The van der Waals surface area contributed by atoms with E-state index in [1.54, 1.807) is 31.2 Å². The van der Waals surface area contributed by atoms with Crippen LogP contribution in [-0.2, 0) is 41.6 Å². The number of carboxylic acid groups (broad SMARTS) is 1. The van der Waals surface area contributed by atoms with Crippen LogP contribution in [-0.4, -0.2) is 107 Å². The van der Waals surface area contributed by atoms with E-state index in [0.29, 0.717) is 88.4 Å². The molecule has 60 heavy (non-hydrogen) atoms. The van der Waals surface area contributed by atoms with Crippen LogP contribution in [0.25, 0.3) is 0 Å². The van der Waals surface area contributed by atoms with Gasteiger partial charge in [0, 0.05) is 25.9 Å². The average molecular weight is 840 g/mol. The van der Waals surface area contributed by atoms with Crippen LogP contribution in [0.3, 0.4) is 0 Å². The van der Waals surface area contributed by atoms with E-state index in [4.69, 9.17) is 11.5 Å². The lowest BCUT2D eigenvalue weighted by Gasteiger charge is -2.31. The lowest BCUT2D eigenvalue weighted by Crippen LogP contribution is -2.59. The maximum absolute atomic E-state index is 14.3. The minimum atomic E-state index is -1.22. The number of likely N-dealkylation sites (tertiary alicyclic amines) is 1. The zero-order valence-electron chi connectivity index (χ0n) is 36.4. The van der Waals surface area contributed by atoms with E-state index in [9.17, 15) is 39.0 Å². The van der Waals surface area contributed by atoms with Gasteiger partial charge in [-0.25, -0.2) is 0 Å². The number of amides is 4. The highest BCUT2D eigenvalue weighted by Crippen LogP contribution is 2.24. The monoisotopic (exact) mass is 840 g/mol. The van der Waals surface area contributed by atoms with E-state index >= 15 is 0 Å². The number of Topliss-reactive ketones (excluding diaryl/α,β-unsaturated/α-hetero) is 1. The number of benzene rings is 1. The number of aromatic hydroxyl groups is 1. The number of unbranched alkanes of at least 4 members (excludes halogenated alkanes) is 2. The van der Waals surface area contributed by atoms with Crippen molar-refractivity contribution in [2.24, 2.45) is 29.2 Å². The fourth-order valence-corrected chi connectivity index (χ4v) is 7.52. The van der Waals surface area contributed by atoms with Gasteiger partial charge in [-0.2, -0.15) is 0 Å². The summed E-state index contributed by atoms with van der Waals surface area (Å²) in [5.41, 5.74) is 13.2. The number of hydrogen-bond donors (Lipinski definition) is 8. The molecule has 0 radical (unpaired) electrons. The fourth-order valence-electron chi connectivity index (χ4n) is 7.52. The molecule has 1 unspecified atom stereocenters. The predicted molar refractivity (Wildman–Crippen MR) is 234 cm³/mol. The number of nitrogens with two attached hydrogens (primary N) is 2. The van der Waals surface area contributed by atoms with Crippen LogP contribution in [0.5, 0.6) is 5.75 Å². The summed E-state index contributed by atoms with van der Waals surface area (Å²) in [7, 11) is 0. The summed E-state index contributed by atoms with van der Waals surface area (Å²) in [5.74, 6) is -4.78. The number of carboxylic acids is 1. The van der Waals surface area contributed by atoms with Crippen LogP contribution >= 0.6 is 0 Å². The number of aliphatic carboxylic acids is 1. The molecule has 7 atom stereocenters. The number of nitrogens with zero attached hydrogens (tertiary/aromatic N) is 1. The van der Waals surface area contributed by atoms with Gasteiger partial charge in [-0.15, -0.1) is 13.2 Å². The van der Waals surface area contributed by atoms with Gasteiger partial charge < -0.3 is 47.8 Å². The number of allylic oxidation sites excluding steroid dienone is 1. The van der Waals surface area contributed by atoms with Gasteiger partial charge in [-0.3, -0.25) is 28.8 Å². The van der Waals surface area contributed by atoms with Crippen molar-refractivity contribution in [3.63, 3.8) is 0 Å². The quantitative estimate of drug-likeness (QED) is 0.0413. The number of carbonyl (C=O) groups excluding carboxylic acids is 5. The Labute approximate surface area is 356 Å². The maximum Gasteiger partial charge on any atom is 0.306 e. The van der Waals surface area contributed by atoms with E-state index in [1.165, 1.54) is 11.0 Å². The van der Waals surface area contributed by atoms with Crippen molar-refractivity contribution in [2.75, 3.05) is 26.2 Å². The van der Waals surface area contributed by atoms with E-state index in [-0.39, 0.29) is 37.0 Å². The molecule has 1 aliphatic rings. The normalized spacial score (nSPS) is 16.9. The topological polar surface area (TPSA) is 246 Å². The molecule has 1 aromatic carbocycles. The van der Waals surface area contributed by atoms with Crippen LogP contribution in [0.1, 0.15) is 109 Å². The first kappa shape index (κ1) is 51.5. The predicted octanol–water partition coefficient (Wildman–Crippen LogP) is 3.26. The first-order chi connectivity index (χ1) is 28.6. The molecule has 1 heterocycles. The molecule has 336 valence electrons. The Hall–Kier alpha value is -4.60. The third-order valence-corrected chi connectivity index (χ3v) is 11.1. The van der Waals surface area contributed by atoms with Crippen molar-refractivity contribution < 1.29 is 39.0 Å². The van der Waals surface area contributed by atoms with E-state index in [2.05, 4.69) is 34.4 Å². The van der Waals surface area contributed by atoms with E-state index < -0.39 is 71.5 Å². The van der Waals surface area contributed by atoms with Gasteiger partial charge in [0.2, 0.25) is 23.6 Å². The molecule has 10 N–H and O–H groups in total. The summed E-state index contributed by atoms with van der Waals surface area (Å²) in [4.78, 5) is 83.2. The highest BCUT2D eigenvalue weighted by Gasteiger charge is 2.40. The van der Waals surface area contributed by atoms with Crippen LogP contribution in [0.2, 0.25) is 0 Å². The number of phenols is 1.